The Morgan fingerprint density at radius 1 is 1.24 bits per heavy atom. The van der Waals surface area contributed by atoms with Crippen LogP contribution in [0.2, 0.25) is 5.15 Å². The van der Waals surface area contributed by atoms with E-state index in [1.165, 1.54) is 0 Å². The second-order valence-electron chi connectivity index (χ2n) is 5.73. The van der Waals surface area contributed by atoms with Gasteiger partial charge in [0.15, 0.2) is 5.15 Å². The molecule has 130 valence electrons. The second kappa shape index (κ2) is 8.03. The summed E-state index contributed by atoms with van der Waals surface area (Å²) in [5.74, 6) is 0.824. The Hall–Kier alpha value is -2.53. The molecule has 0 fully saturated rings. The third-order valence-electron chi connectivity index (χ3n) is 4.03. The van der Waals surface area contributed by atoms with Gasteiger partial charge in [0, 0.05) is 18.4 Å². The fourth-order valence-corrected chi connectivity index (χ4v) is 2.98. The van der Waals surface area contributed by atoms with Gasteiger partial charge in [0.25, 0.3) is 0 Å². The molecule has 0 saturated carbocycles. The van der Waals surface area contributed by atoms with E-state index in [0.29, 0.717) is 24.7 Å². The molecule has 2 aromatic carbocycles. The van der Waals surface area contributed by atoms with Crippen LogP contribution in [0.3, 0.4) is 0 Å². The van der Waals surface area contributed by atoms with E-state index in [-0.39, 0.29) is 5.91 Å². The van der Waals surface area contributed by atoms with Gasteiger partial charge in [0.2, 0.25) is 5.91 Å². The van der Waals surface area contributed by atoms with E-state index in [9.17, 15) is 4.79 Å². The van der Waals surface area contributed by atoms with Gasteiger partial charge in [0.05, 0.1) is 19.2 Å². The normalized spacial score (nSPS) is 10.8. The third kappa shape index (κ3) is 4.31. The fraction of sp³-hybridized carbons (Fsp3) is 0.263. The Bertz CT molecular complexity index is 876. The number of amides is 1. The number of carbonyl (C=O) groups excluding carboxylic acids is 1. The fourth-order valence-electron chi connectivity index (χ4n) is 2.73. The largest absolute Gasteiger partial charge is 0.497 e. The summed E-state index contributed by atoms with van der Waals surface area (Å²) in [6.45, 7) is 1.09. The van der Waals surface area contributed by atoms with E-state index in [1.807, 2.05) is 48.5 Å². The van der Waals surface area contributed by atoms with Crippen molar-refractivity contribution in [2.75, 3.05) is 13.7 Å². The number of fused-ring (bicyclic) bond motifs is 1. The van der Waals surface area contributed by atoms with Crippen LogP contribution >= 0.6 is 11.6 Å². The number of hydrogen-bond donors (Lipinski definition) is 1. The summed E-state index contributed by atoms with van der Waals surface area (Å²) in [7, 11) is 1.64. The number of halogens is 1. The van der Waals surface area contributed by atoms with Crippen LogP contribution in [-0.4, -0.2) is 29.3 Å². The summed E-state index contributed by atoms with van der Waals surface area (Å²) in [6.07, 6.45) is 1.12. The van der Waals surface area contributed by atoms with Crippen LogP contribution in [-0.2, 0) is 17.8 Å². The molecule has 0 unspecified atom stereocenters. The number of nitrogens with zero attached hydrogens (tertiary/aromatic N) is 2. The maximum atomic E-state index is 12.1. The van der Waals surface area contributed by atoms with Gasteiger partial charge in [-0.3, -0.25) is 9.48 Å². The predicted octanol–water partition coefficient (Wildman–Crippen LogP) is 3.45. The van der Waals surface area contributed by atoms with E-state index >= 15 is 0 Å². The molecule has 3 rings (SSSR count). The van der Waals surface area contributed by atoms with Gasteiger partial charge in [0.1, 0.15) is 5.75 Å². The first-order chi connectivity index (χ1) is 12.2. The Morgan fingerprint density at radius 2 is 2.08 bits per heavy atom. The number of ether oxygens (including phenoxy) is 1. The number of aryl methyl sites for hydroxylation is 1. The molecule has 1 amide bonds. The molecule has 1 aromatic heterocycles. The molecular formula is C19H20ClN3O2. The van der Waals surface area contributed by atoms with Gasteiger partial charge in [-0.2, -0.15) is 5.10 Å². The second-order valence-corrected chi connectivity index (χ2v) is 6.09. The van der Waals surface area contributed by atoms with E-state index in [1.54, 1.807) is 11.8 Å². The summed E-state index contributed by atoms with van der Waals surface area (Å²) in [5.41, 5.74) is 2.07. The molecule has 0 aliphatic rings. The molecule has 0 radical (unpaired) electrons. The van der Waals surface area contributed by atoms with Crippen LogP contribution in [0.1, 0.15) is 12.0 Å². The smallest absolute Gasteiger partial charge is 0.221 e. The number of nitrogens with one attached hydrogen (secondary N) is 1. The number of methoxy groups -OCH3 is 1. The maximum absolute atomic E-state index is 12.1. The summed E-state index contributed by atoms with van der Waals surface area (Å²) >= 11 is 6.13. The van der Waals surface area contributed by atoms with Crippen molar-refractivity contribution in [3.63, 3.8) is 0 Å². The quantitative estimate of drug-likeness (QED) is 0.704. The van der Waals surface area contributed by atoms with Gasteiger partial charge in [-0.25, -0.2) is 0 Å². The molecule has 5 nitrogen and oxygen atoms in total. The van der Waals surface area contributed by atoms with Crippen molar-refractivity contribution in [2.24, 2.45) is 0 Å². The molecule has 6 heteroatoms. The highest BCUT2D eigenvalue weighted by molar-refractivity contribution is 6.34. The minimum Gasteiger partial charge on any atom is -0.497 e. The minimum atomic E-state index is -0.00130. The van der Waals surface area contributed by atoms with Crippen LogP contribution in [0.15, 0.2) is 48.5 Å². The van der Waals surface area contributed by atoms with Crippen molar-refractivity contribution < 1.29 is 9.53 Å². The maximum Gasteiger partial charge on any atom is 0.221 e. The average molecular weight is 358 g/mol. The molecule has 1 N–H and O–H groups in total. The monoisotopic (exact) mass is 357 g/mol. The number of rotatable bonds is 7. The lowest BCUT2D eigenvalue weighted by molar-refractivity contribution is -0.121. The van der Waals surface area contributed by atoms with E-state index in [0.717, 1.165) is 28.6 Å². The van der Waals surface area contributed by atoms with Crippen molar-refractivity contribution in [1.29, 1.82) is 0 Å². The van der Waals surface area contributed by atoms with Crippen LogP contribution in [0.5, 0.6) is 5.75 Å². The SMILES string of the molecule is COc1cccc(CCNC(=O)CCn2nc(Cl)c3ccccc32)c1. The zero-order chi connectivity index (χ0) is 17.6. The van der Waals surface area contributed by atoms with Crippen molar-refractivity contribution in [3.05, 3.63) is 59.2 Å². The molecule has 0 bridgehead atoms. The molecule has 0 spiro atoms. The lowest BCUT2D eigenvalue weighted by Gasteiger charge is -2.07. The first-order valence-corrected chi connectivity index (χ1v) is 8.56. The summed E-state index contributed by atoms with van der Waals surface area (Å²) in [5, 5.41) is 8.61. The van der Waals surface area contributed by atoms with Crippen LogP contribution in [0.25, 0.3) is 10.9 Å². The van der Waals surface area contributed by atoms with E-state index in [2.05, 4.69) is 10.4 Å². The molecule has 1 heterocycles. The molecular weight excluding hydrogens is 338 g/mol. The molecule has 0 atom stereocenters. The molecule has 3 aromatic rings. The Kier molecular flexibility index (Phi) is 5.56. The zero-order valence-electron chi connectivity index (χ0n) is 14.0. The number of hydrogen-bond acceptors (Lipinski definition) is 3. The number of para-hydroxylation sites is 1. The molecule has 0 aliphatic heterocycles. The minimum absolute atomic E-state index is 0.00130. The van der Waals surface area contributed by atoms with Crippen molar-refractivity contribution in [2.45, 2.75) is 19.4 Å². The number of benzene rings is 2. The van der Waals surface area contributed by atoms with Gasteiger partial charge in [-0.05, 0) is 36.2 Å². The number of carbonyl (C=O) groups is 1. The van der Waals surface area contributed by atoms with Crippen LogP contribution in [0, 0.1) is 0 Å². The zero-order valence-corrected chi connectivity index (χ0v) is 14.8. The van der Waals surface area contributed by atoms with Gasteiger partial charge >= 0.3 is 0 Å². The van der Waals surface area contributed by atoms with E-state index < -0.39 is 0 Å². The lowest BCUT2D eigenvalue weighted by Crippen LogP contribution is -2.26. The predicted molar refractivity (Wildman–Crippen MR) is 99.1 cm³/mol. The Labute approximate surface area is 151 Å². The first kappa shape index (κ1) is 17.3. The third-order valence-corrected chi connectivity index (χ3v) is 4.31. The van der Waals surface area contributed by atoms with Crippen molar-refractivity contribution in [3.8, 4) is 5.75 Å². The topological polar surface area (TPSA) is 56.1 Å². The van der Waals surface area contributed by atoms with E-state index in [4.69, 9.17) is 16.3 Å². The van der Waals surface area contributed by atoms with Gasteiger partial charge < -0.3 is 10.1 Å². The molecule has 25 heavy (non-hydrogen) atoms. The van der Waals surface area contributed by atoms with Gasteiger partial charge in [-0.15, -0.1) is 0 Å². The lowest BCUT2D eigenvalue weighted by atomic mass is 10.1. The highest BCUT2D eigenvalue weighted by Crippen LogP contribution is 2.22. The van der Waals surface area contributed by atoms with Crippen molar-refractivity contribution in [1.82, 2.24) is 15.1 Å². The highest BCUT2D eigenvalue weighted by atomic mass is 35.5. The average Bonchev–Trinajstić information content (AvgIpc) is 2.96. The Morgan fingerprint density at radius 3 is 2.92 bits per heavy atom. The number of aromatic nitrogens is 2. The van der Waals surface area contributed by atoms with Gasteiger partial charge in [-0.1, -0.05) is 35.9 Å². The summed E-state index contributed by atoms with van der Waals surface area (Å²) < 4.78 is 6.98. The Balaban J connectivity index is 1.49. The van der Waals surface area contributed by atoms with Crippen molar-refractivity contribution >= 4 is 28.4 Å². The molecule has 0 aliphatic carbocycles. The highest BCUT2D eigenvalue weighted by Gasteiger charge is 2.09. The molecule has 0 saturated heterocycles. The van der Waals surface area contributed by atoms with Crippen LogP contribution in [0.4, 0.5) is 0 Å². The first-order valence-electron chi connectivity index (χ1n) is 8.18. The summed E-state index contributed by atoms with van der Waals surface area (Å²) in [6, 6.07) is 15.6. The standard InChI is InChI=1S/C19H20ClN3O2/c1-25-15-6-4-5-14(13-15)9-11-21-18(24)10-12-23-17-8-3-2-7-16(17)19(20)22-23/h2-8,13H,9-12H2,1H3,(H,21,24). The summed E-state index contributed by atoms with van der Waals surface area (Å²) in [4.78, 5) is 12.1. The van der Waals surface area contributed by atoms with Crippen LogP contribution < -0.4 is 10.1 Å².